The Labute approximate surface area is 125 Å². The quantitative estimate of drug-likeness (QED) is 0.675. The molecular formula is C18H18N2O. The van der Waals surface area contributed by atoms with Crippen LogP contribution in [0.5, 0.6) is 0 Å². The van der Waals surface area contributed by atoms with E-state index in [2.05, 4.69) is 16.9 Å². The van der Waals surface area contributed by atoms with Gasteiger partial charge in [0.2, 0.25) is 5.91 Å². The highest BCUT2D eigenvalue weighted by Crippen LogP contribution is 2.13. The van der Waals surface area contributed by atoms with Gasteiger partial charge in [0.25, 0.3) is 0 Å². The molecule has 0 fully saturated rings. The second kappa shape index (κ2) is 7.20. The van der Waals surface area contributed by atoms with Crippen molar-refractivity contribution in [3.63, 3.8) is 0 Å². The summed E-state index contributed by atoms with van der Waals surface area (Å²) >= 11 is 0. The molecule has 0 radical (unpaired) electrons. The Balaban J connectivity index is 2.22. The topological polar surface area (TPSA) is 41.5 Å². The average Bonchev–Trinajstić information content (AvgIpc) is 2.52. The van der Waals surface area contributed by atoms with Gasteiger partial charge in [-0.2, -0.15) is 0 Å². The monoisotopic (exact) mass is 278 g/mol. The van der Waals surface area contributed by atoms with Crippen LogP contribution in [0.2, 0.25) is 0 Å². The molecule has 0 atom stereocenters. The summed E-state index contributed by atoms with van der Waals surface area (Å²) < 4.78 is 0. The number of carbonyl (C=O) groups excluding carboxylic acids is 1. The van der Waals surface area contributed by atoms with Gasteiger partial charge >= 0.3 is 0 Å². The van der Waals surface area contributed by atoms with Crippen molar-refractivity contribution in [2.75, 3.05) is 0 Å². The Bertz CT molecular complexity index is 645. The van der Waals surface area contributed by atoms with Crippen molar-refractivity contribution in [2.45, 2.75) is 13.5 Å². The minimum absolute atomic E-state index is 0.154. The number of hydrogen-bond acceptors (Lipinski definition) is 2. The molecular weight excluding hydrogens is 260 g/mol. The molecule has 0 aromatic heterocycles. The van der Waals surface area contributed by atoms with E-state index in [1.807, 2.05) is 60.7 Å². The van der Waals surface area contributed by atoms with E-state index in [0.29, 0.717) is 18.0 Å². The fraction of sp³-hybridized carbons (Fsp3) is 0.111. The highest BCUT2D eigenvalue weighted by Gasteiger charge is 2.08. The maximum absolute atomic E-state index is 11.4. The Hall–Kier alpha value is -2.68. The van der Waals surface area contributed by atoms with Crippen LogP contribution < -0.4 is 5.32 Å². The Morgan fingerprint density at radius 2 is 1.62 bits per heavy atom. The maximum Gasteiger partial charge on any atom is 0.222 e. The van der Waals surface area contributed by atoms with Crippen molar-refractivity contribution in [1.29, 1.82) is 0 Å². The summed E-state index contributed by atoms with van der Waals surface area (Å²) in [6.07, 6.45) is 0. The molecule has 0 unspecified atom stereocenters. The lowest BCUT2D eigenvalue weighted by atomic mass is 10.1. The SMILES string of the molecule is C=C(C(=NCc1ccccc1)NC(C)=O)c1ccccc1. The third-order valence-electron chi connectivity index (χ3n) is 2.97. The predicted octanol–water partition coefficient (Wildman–Crippen LogP) is 3.43. The van der Waals surface area contributed by atoms with E-state index in [1.54, 1.807) is 0 Å². The predicted molar refractivity (Wildman–Crippen MR) is 86.9 cm³/mol. The number of nitrogens with zero attached hydrogens (tertiary/aromatic N) is 1. The van der Waals surface area contributed by atoms with Gasteiger partial charge in [0.15, 0.2) is 0 Å². The van der Waals surface area contributed by atoms with Gasteiger partial charge in [0, 0.05) is 12.5 Å². The summed E-state index contributed by atoms with van der Waals surface area (Å²) in [6.45, 7) is 6.02. The van der Waals surface area contributed by atoms with Gasteiger partial charge in [0.1, 0.15) is 5.84 Å². The van der Waals surface area contributed by atoms with Crippen LogP contribution in [0.3, 0.4) is 0 Å². The lowest BCUT2D eigenvalue weighted by Gasteiger charge is -2.11. The van der Waals surface area contributed by atoms with Crippen LogP contribution in [0.25, 0.3) is 5.57 Å². The molecule has 1 amide bonds. The fourth-order valence-electron chi connectivity index (χ4n) is 1.91. The molecule has 21 heavy (non-hydrogen) atoms. The van der Waals surface area contributed by atoms with Crippen molar-refractivity contribution in [1.82, 2.24) is 5.32 Å². The Morgan fingerprint density at radius 3 is 2.19 bits per heavy atom. The second-order valence-electron chi connectivity index (χ2n) is 4.68. The van der Waals surface area contributed by atoms with E-state index in [9.17, 15) is 4.79 Å². The summed E-state index contributed by atoms with van der Waals surface area (Å²) in [4.78, 5) is 15.9. The number of carbonyl (C=O) groups is 1. The number of amides is 1. The number of hydrogen-bond donors (Lipinski definition) is 1. The Kier molecular flexibility index (Phi) is 5.04. The van der Waals surface area contributed by atoms with Crippen LogP contribution in [0.1, 0.15) is 18.1 Å². The van der Waals surface area contributed by atoms with Crippen molar-refractivity contribution in [2.24, 2.45) is 4.99 Å². The number of benzene rings is 2. The van der Waals surface area contributed by atoms with Crippen molar-refractivity contribution < 1.29 is 4.79 Å². The number of amidine groups is 1. The van der Waals surface area contributed by atoms with Gasteiger partial charge in [-0.25, -0.2) is 0 Å². The van der Waals surface area contributed by atoms with Crippen LogP contribution >= 0.6 is 0 Å². The highest BCUT2D eigenvalue weighted by molar-refractivity contribution is 6.25. The lowest BCUT2D eigenvalue weighted by molar-refractivity contribution is -0.117. The van der Waals surface area contributed by atoms with E-state index in [4.69, 9.17) is 0 Å². The molecule has 2 aromatic carbocycles. The molecule has 106 valence electrons. The average molecular weight is 278 g/mol. The van der Waals surface area contributed by atoms with E-state index >= 15 is 0 Å². The largest absolute Gasteiger partial charge is 0.311 e. The van der Waals surface area contributed by atoms with E-state index in [0.717, 1.165) is 11.1 Å². The molecule has 0 spiro atoms. The van der Waals surface area contributed by atoms with Gasteiger partial charge in [-0.15, -0.1) is 0 Å². The summed E-state index contributed by atoms with van der Waals surface area (Å²) in [5.74, 6) is 0.358. The van der Waals surface area contributed by atoms with Gasteiger partial charge in [0.05, 0.1) is 6.54 Å². The number of rotatable bonds is 4. The van der Waals surface area contributed by atoms with Crippen molar-refractivity contribution in [3.8, 4) is 0 Å². The molecule has 2 rings (SSSR count). The van der Waals surface area contributed by atoms with Crippen molar-refractivity contribution in [3.05, 3.63) is 78.4 Å². The third kappa shape index (κ3) is 4.42. The van der Waals surface area contributed by atoms with Gasteiger partial charge in [-0.3, -0.25) is 9.79 Å². The first-order valence-corrected chi connectivity index (χ1v) is 6.77. The van der Waals surface area contributed by atoms with Gasteiger partial charge < -0.3 is 5.32 Å². The molecule has 1 N–H and O–H groups in total. The second-order valence-corrected chi connectivity index (χ2v) is 4.68. The molecule has 0 bridgehead atoms. The summed E-state index contributed by atoms with van der Waals surface area (Å²) in [5, 5.41) is 2.76. The normalized spacial score (nSPS) is 11.0. The van der Waals surface area contributed by atoms with Gasteiger partial charge in [-0.1, -0.05) is 67.2 Å². The molecule has 0 aliphatic carbocycles. The first-order valence-electron chi connectivity index (χ1n) is 6.77. The van der Waals surface area contributed by atoms with Crippen LogP contribution in [-0.4, -0.2) is 11.7 Å². The zero-order valence-corrected chi connectivity index (χ0v) is 12.0. The fourth-order valence-corrected chi connectivity index (χ4v) is 1.91. The van der Waals surface area contributed by atoms with Crippen LogP contribution in [-0.2, 0) is 11.3 Å². The van der Waals surface area contributed by atoms with Crippen LogP contribution in [0.15, 0.2) is 72.2 Å². The smallest absolute Gasteiger partial charge is 0.222 e. The number of nitrogens with one attached hydrogen (secondary N) is 1. The van der Waals surface area contributed by atoms with E-state index in [1.165, 1.54) is 6.92 Å². The zero-order valence-electron chi connectivity index (χ0n) is 12.0. The van der Waals surface area contributed by atoms with E-state index in [-0.39, 0.29) is 5.91 Å². The zero-order chi connectivity index (χ0) is 15.1. The van der Waals surface area contributed by atoms with Crippen LogP contribution in [0, 0.1) is 0 Å². The molecule has 0 saturated heterocycles. The first-order chi connectivity index (χ1) is 10.2. The third-order valence-corrected chi connectivity index (χ3v) is 2.97. The summed E-state index contributed by atoms with van der Waals surface area (Å²) in [6, 6.07) is 19.6. The Morgan fingerprint density at radius 1 is 1.05 bits per heavy atom. The van der Waals surface area contributed by atoms with Crippen LogP contribution in [0.4, 0.5) is 0 Å². The summed E-state index contributed by atoms with van der Waals surface area (Å²) in [7, 11) is 0. The minimum Gasteiger partial charge on any atom is -0.311 e. The molecule has 0 heterocycles. The molecule has 3 nitrogen and oxygen atoms in total. The maximum atomic E-state index is 11.4. The molecule has 0 saturated carbocycles. The summed E-state index contributed by atoms with van der Waals surface area (Å²) in [5.41, 5.74) is 2.74. The lowest BCUT2D eigenvalue weighted by Crippen LogP contribution is -2.29. The molecule has 0 aliphatic rings. The van der Waals surface area contributed by atoms with Gasteiger partial charge in [-0.05, 0) is 11.1 Å². The molecule has 3 heteroatoms. The van der Waals surface area contributed by atoms with Crippen molar-refractivity contribution >= 4 is 17.3 Å². The minimum atomic E-state index is -0.154. The standard InChI is InChI=1S/C18H18N2O/c1-14(17-11-7-4-8-12-17)18(20-15(2)21)19-13-16-9-5-3-6-10-16/h3-12H,1,13H2,2H3,(H,19,20,21). The number of aliphatic imine (C=N–C) groups is 1. The first kappa shape index (κ1) is 14.7. The van der Waals surface area contributed by atoms with E-state index < -0.39 is 0 Å². The molecule has 2 aromatic rings. The highest BCUT2D eigenvalue weighted by atomic mass is 16.1. The molecule has 0 aliphatic heterocycles.